The van der Waals surface area contributed by atoms with Crippen LogP contribution in [0.4, 0.5) is 11.5 Å². The van der Waals surface area contributed by atoms with Crippen molar-refractivity contribution in [3.8, 4) is 23.0 Å². The van der Waals surface area contributed by atoms with E-state index in [2.05, 4.69) is 15.7 Å². The van der Waals surface area contributed by atoms with Crippen molar-refractivity contribution >= 4 is 23.1 Å². The smallest absolute Gasteiger partial charge is 0.261 e. The molecule has 0 fully saturated rings. The van der Waals surface area contributed by atoms with E-state index >= 15 is 0 Å². The van der Waals surface area contributed by atoms with Crippen LogP contribution in [-0.4, -0.2) is 44.1 Å². The van der Waals surface area contributed by atoms with Crippen LogP contribution in [0.2, 0.25) is 0 Å². The molecule has 2 N–H and O–H groups in total. The number of nitrogens with zero attached hydrogens (tertiary/aromatic N) is 2. The quantitative estimate of drug-likeness (QED) is 0.334. The molecule has 0 radical (unpaired) electrons. The Bertz CT molecular complexity index is 1450. The molecule has 0 saturated carbocycles. The van der Waals surface area contributed by atoms with Crippen LogP contribution in [0.3, 0.4) is 0 Å². The summed E-state index contributed by atoms with van der Waals surface area (Å²) in [5, 5.41) is 11.0. The number of nitrogens with one attached hydrogen (secondary N) is 2. The molecule has 1 aromatic heterocycles. The Labute approximate surface area is 220 Å². The Morgan fingerprint density at radius 2 is 1.58 bits per heavy atom. The predicted molar refractivity (Wildman–Crippen MR) is 145 cm³/mol. The Kier molecular flexibility index (Phi) is 6.90. The van der Waals surface area contributed by atoms with E-state index in [-0.39, 0.29) is 11.9 Å². The fourth-order valence-electron chi connectivity index (χ4n) is 4.43. The summed E-state index contributed by atoms with van der Waals surface area (Å²) in [4.78, 5) is 13.3. The number of rotatable bonds is 8. The van der Waals surface area contributed by atoms with Crippen LogP contribution in [0.25, 0.3) is 5.70 Å². The number of benzene rings is 3. The van der Waals surface area contributed by atoms with Gasteiger partial charge >= 0.3 is 0 Å². The first kappa shape index (κ1) is 24.8. The SMILES string of the molecule is COc1ccc(C2=C[C@H](c3cc(OC)c(OC)c(OC)c3)n3ncc(C(=O)Nc4ccccc4)c3N2)cc1. The minimum absolute atomic E-state index is 0.274. The number of carbonyl (C=O) groups is 1. The first-order valence-electron chi connectivity index (χ1n) is 11.9. The number of hydrogen-bond donors (Lipinski definition) is 2. The van der Waals surface area contributed by atoms with E-state index in [9.17, 15) is 4.79 Å². The van der Waals surface area contributed by atoms with Gasteiger partial charge in [-0.1, -0.05) is 18.2 Å². The van der Waals surface area contributed by atoms with Crippen molar-refractivity contribution in [1.29, 1.82) is 0 Å². The molecule has 1 amide bonds. The van der Waals surface area contributed by atoms with E-state index in [1.165, 1.54) is 0 Å². The topological polar surface area (TPSA) is 95.9 Å². The van der Waals surface area contributed by atoms with E-state index in [1.54, 1.807) is 39.3 Å². The van der Waals surface area contributed by atoms with Crippen LogP contribution < -0.4 is 29.6 Å². The summed E-state index contributed by atoms with van der Waals surface area (Å²) < 4.78 is 23.8. The van der Waals surface area contributed by atoms with Gasteiger partial charge in [0.2, 0.25) is 5.75 Å². The first-order chi connectivity index (χ1) is 18.6. The highest BCUT2D eigenvalue weighted by Crippen LogP contribution is 2.43. The van der Waals surface area contributed by atoms with Crippen LogP contribution >= 0.6 is 0 Å². The highest BCUT2D eigenvalue weighted by atomic mass is 16.5. The van der Waals surface area contributed by atoms with Crippen molar-refractivity contribution in [1.82, 2.24) is 9.78 Å². The number of anilines is 2. The van der Waals surface area contributed by atoms with Crippen molar-refractivity contribution in [2.45, 2.75) is 6.04 Å². The number of aromatic nitrogens is 2. The lowest BCUT2D eigenvalue weighted by atomic mass is 10.00. The molecule has 1 aliphatic rings. The Balaban J connectivity index is 1.62. The number of ether oxygens (including phenoxy) is 4. The number of fused-ring (bicyclic) bond motifs is 1. The molecular formula is C29H28N4O5. The number of hydrogen-bond acceptors (Lipinski definition) is 7. The molecule has 194 valence electrons. The zero-order chi connectivity index (χ0) is 26.6. The monoisotopic (exact) mass is 512 g/mol. The zero-order valence-electron chi connectivity index (χ0n) is 21.5. The number of carbonyl (C=O) groups excluding carboxylic acids is 1. The highest BCUT2D eigenvalue weighted by molar-refractivity contribution is 6.08. The summed E-state index contributed by atoms with van der Waals surface area (Å²) in [7, 11) is 6.35. The van der Waals surface area contributed by atoms with Gasteiger partial charge in [0.15, 0.2) is 11.5 Å². The lowest BCUT2D eigenvalue weighted by molar-refractivity contribution is 0.102. The molecule has 38 heavy (non-hydrogen) atoms. The van der Waals surface area contributed by atoms with Crippen LogP contribution in [0.5, 0.6) is 23.0 Å². The summed E-state index contributed by atoms with van der Waals surface area (Å²) in [6.07, 6.45) is 3.61. The summed E-state index contributed by atoms with van der Waals surface area (Å²) in [5.41, 5.74) is 3.68. The van der Waals surface area contributed by atoms with E-state index in [0.717, 1.165) is 22.6 Å². The molecule has 9 heteroatoms. The molecule has 4 aromatic rings. The van der Waals surface area contributed by atoms with Crippen molar-refractivity contribution < 1.29 is 23.7 Å². The van der Waals surface area contributed by atoms with Crippen molar-refractivity contribution in [3.63, 3.8) is 0 Å². The standard InChI is InChI=1S/C29H28N4O5/c1-35-21-12-10-18(11-13-21)23-16-24(19-14-25(36-2)27(38-4)26(15-19)37-3)33-28(32-23)22(17-30-33)29(34)31-20-8-6-5-7-9-20/h5-17,24,32H,1-4H3,(H,31,34)/t24-/m1/s1. The van der Waals surface area contributed by atoms with Gasteiger partial charge in [0, 0.05) is 11.4 Å². The second-order valence-electron chi connectivity index (χ2n) is 8.51. The largest absolute Gasteiger partial charge is 0.497 e. The lowest BCUT2D eigenvalue weighted by Crippen LogP contribution is -2.22. The maximum absolute atomic E-state index is 13.3. The van der Waals surface area contributed by atoms with Crippen LogP contribution in [0.1, 0.15) is 27.5 Å². The van der Waals surface area contributed by atoms with Gasteiger partial charge in [-0.05, 0) is 65.7 Å². The van der Waals surface area contributed by atoms with Gasteiger partial charge in [0.1, 0.15) is 17.1 Å². The third-order valence-electron chi connectivity index (χ3n) is 6.34. The lowest BCUT2D eigenvalue weighted by Gasteiger charge is -2.27. The molecule has 1 atom stereocenters. The maximum Gasteiger partial charge on any atom is 0.261 e. The van der Waals surface area contributed by atoms with Gasteiger partial charge in [-0.25, -0.2) is 4.68 Å². The summed E-state index contributed by atoms with van der Waals surface area (Å²) in [6.45, 7) is 0. The van der Waals surface area contributed by atoms with Gasteiger partial charge in [0.25, 0.3) is 5.91 Å². The number of allylic oxidation sites excluding steroid dienone is 1. The van der Waals surface area contributed by atoms with Crippen LogP contribution in [-0.2, 0) is 0 Å². The third kappa shape index (κ3) is 4.61. The number of para-hydroxylation sites is 1. The molecule has 0 saturated heterocycles. The normalized spacial score (nSPS) is 14.0. The minimum Gasteiger partial charge on any atom is -0.497 e. The fourth-order valence-corrected chi connectivity index (χ4v) is 4.43. The van der Waals surface area contributed by atoms with Crippen molar-refractivity contribution in [2.24, 2.45) is 0 Å². The Hall–Kier alpha value is -4.92. The zero-order valence-corrected chi connectivity index (χ0v) is 21.5. The summed E-state index contributed by atoms with van der Waals surface area (Å²) >= 11 is 0. The first-order valence-corrected chi connectivity index (χ1v) is 11.9. The minimum atomic E-state index is -0.379. The Morgan fingerprint density at radius 3 is 2.18 bits per heavy atom. The number of amides is 1. The van der Waals surface area contributed by atoms with E-state index in [4.69, 9.17) is 18.9 Å². The summed E-state index contributed by atoms with van der Waals surface area (Å²) in [5.74, 6) is 2.58. The highest BCUT2D eigenvalue weighted by Gasteiger charge is 2.29. The molecule has 0 spiro atoms. The Morgan fingerprint density at radius 1 is 0.895 bits per heavy atom. The van der Waals surface area contributed by atoms with E-state index in [0.29, 0.717) is 34.3 Å². The van der Waals surface area contributed by atoms with Gasteiger partial charge < -0.3 is 29.6 Å². The molecule has 1 aliphatic heterocycles. The number of methoxy groups -OCH3 is 4. The average Bonchev–Trinajstić information content (AvgIpc) is 3.40. The van der Waals surface area contributed by atoms with E-state index < -0.39 is 0 Å². The molecular weight excluding hydrogens is 484 g/mol. The van der Waals surface area contributed by atoms with Gasteiger partial charge in [-0.3, -0.25) is 4.79 Å². The maximum atomic E-state index is 13.3. The molecule has 9 nitrogen and oxygen atoms in total. The van der Waals surface area contributed by atoms with Crippen molar-refractivity contribution in [2.75, 3.05) is 39.1 Å². The average molecular weight is 513 g/mol. The molecule has 3 aromatic carbocycles. The predicted octanol–water partition coefficient (Wildman–Crippen LogP) is 5.23. The summed E-state index contributed by atoms with van der Waals surface area (Å²) in [6, 6.07) is 20.4. The van der Waals surface area contributed by atoms with Gasteiger partial charge in [0.05, 0.1) is 40.7 Å². The molecule has 0 unspecified atom stereocenters. The fraction of sp³-hybridized carbons (Fsp3) is 0.172. The van der Waals surface area contributed by atoms with Gasteiger partial charge in [-0.15, -0.1) is 0 Å². The van der Waals surface area contributed by atoms with Crippen LogP contribution in [0, 0.1) is 0 Å². The molecule has 0 aliphatic carbocycles. The van der Waals surface area contributed by atoms with Crippen molar-refractivity contribution in [3.05, 3.63) is 95.7 Å². The molecule has 0 bridgehead atoms. The molecule has 2 heterocycles. The molecule has 5 rings (SSSR count). The van der Waals surface area contributed by atoms with E-state index in [1.807, 2.05) is 72.8 Å². The van der Waals surface area contributed by atoms with Gasteiger partial charge in [-0.2, -0.15) is 5.10 Å². The third-order valence-corrected chi connectivity index (χ3v) is 6.34. The second kappa shape index (κ2) is 10.6. The second-order valence-corrected chi connectivity index (χ2v) is 8.51. The van der Waals surface area contributed by atoms with Crippen LogP contribution in [0.15, 0.2) is 79.0 Å².